The minimum Gasteiger partial charge on any atom is -0.322 e. The number of rotatable bonds is 4. The van der Waals surface area contributed by atoms with Gasteiger partial charge in [0.25, 0.3) is 15.9 Å². The molecule has 0 spiro atoms. The highest BCUT2D eigenvalue weighted by Gasteiger charge is 2.29. The van der Waals surface area contributed by atoms with Crippen molar-refractivity contribution in [3.8, 4) is 0 Å². The molecule has 1 amide bonds. The third kappa shape index (κ3) is 4.13. The van der Waals surface area contributed by atoms with E-state index in [0.717, 1.165) is 27.7 Å². The molecule has 0 saturated carbocycles. The van der Waals surface area contributed by atoms with E-state index in [4.69, 9.17) is 0 Å². The Morgan fingerprint density at radius 3 is 2.53 bits per heavy atom. The van der Waals surface area contributed by atoms with Crippen molar-refractivity contribution in [2.75, 3.05) is 16.2 Å². The number of anilines is 2. The van der Waals surface area contributed by atoms with E-state index in [1.165, 1.54) is 4.31 Å². The molecule has 1 aliphatic heterocycles. The Kier molecular flexibility index (Phi) is 5.66. The minimum absolute atomic E-state index is 0.212. The van der Waals surface area contributed by atoms with Crippen LogP contribution in [-0.2, 0) is 16.4 Å². The summed E-state index contributed by atoms with van der Waals surface area (Å²) < 4.78 is 28.6. The van der Waals surface area contributed by atoms with Crippen LogP contribution >= 0.6 is 15.9 Å². The van der Waals surface area contributed by atoms with Crippen LogP contribution in [0.3, 0.4) is 0 Å². The van der Waals surface area contributed by atoms with E-state index < -0.39 is 10.0 Å². The van der Waals surface area contributed by atoms with Crippen molar-refractivity contribution in [2.45, 2.75) is 24.7 Å². The topological polar surface area (TPSA) is 66.5 Å². The Balaban J connectivity index is 1.62. The highest BCUT2D eigenvalue weighted by Crippen LogP contribution is 2.33. The van der Waals surface area contributed by atoms with Gasteiger partial charge in [0, 0.05) is 22.3 Å². The van der Waals surface area contributed by atoms with Crippen LogP contribution in [0.2, 0.25) is 0 Å². The number of halogens is 1. The molecule has 154 valence electrons. The fraction of sp³-hybridized carbons (Fsp3) is 0.174. The SMILES string of the molecule is Cc1cccc(NC(=O)c2ccc3c(c2)CCCN3S(=O)(=O)c2ccc(Br)cc2)c1. The molecule has 0 aromatic heterocycles. The molecule has 0 aliphatic carbocycles. The number of aryl methyl sites for hydroxylation is 2. The molecule has 30 heavy (non-hydrogen) atoms. The standard InChI is InChI=1S/C23H21BrN2O3S/c1-16-4-2-6-20(14-16)25-23(27)18-7-12-22-17(15-18)5-3-13-26(22)30(28,29)21-10-8-19(24)9-11-21/h2,4,6-12,14-15H,3,5,13H2,1H3,(H,25,27). The summed E-state index contributed by atoms with van der Waals surface area (Å²) in [5.74, 6) is -0.212. The molecule has 1 heterocycles. The number of hydrogen-bond acceptors (Lipinski definition) is 3. The lowest BCUT2D eigenvalue weighted by atomic mass is 10.0. The maximum Gasteiger partial charge on any atom is 0.264 e. The van der Waals surface area contributed by atoms with Crippen LogP contribution in [-0.4, -0.2) is 20.9 Å². The summed E-state index contributed by atoms with van der Waals surface area (Å²) in [4.78, 5) is 12.9. The largest absolute Gasteiger partial charge is 0.322 e. The molecular weight excluding hydrogens is 464 g/mol. The van der Waals surface area contributed by atoms with Crippen LogP contribution in [0, 0.1) is 6.92 Å². The van der Waals surface area contributed by atoms with E-state index in [9.17, 15) is 13.2 Å². The van der Waals surface area contributed by atoms with E-state index in [-0.39, 0.29) is 10.8 Å². The average Bonchev–Trinajstić information content (AvgIpc) is 2.73. The number of carbonyl (C=O) groups is 1. The first-order valence-electron chi connectivity index (χ1n) is 9.64. The number of hydrogen-bond donors (Lipinski definition) is 1. The maximum atomic E-state index is 13.2. The van der Waals surface area contributed by atoms with Crippen LogP contribution in [0.1, 0.15) is 27.9 Å². The van der Waals surface area contributed by atoms with Gasteiger partial charge < -0.3 is 5.32 Å². The zero-order valence-corrected chi connectivity index (χ0v) is 18.8. The van der Waals surface area contributed by atoms with Crippen LogP contribution in [0.5, 0.6) is 0 Å². The third-order valence-electron chi connectivity index (χ3n) is 5.10. The summed E-state index contributed by atoms with van der Waals surface area (Å²) in [5.41, 5.74) is 3.80. The van der Waals surface area contributed by atoms with Crippen molar-refractivity contribution in [3.05, 3.63) is 87.9 Å². The predicted molar refractivity (Wildman–Crippen MR) is 123 cm³/mol. The molecule has 1 N–H and O–H groups in total. The van der Waals surface area contributed by atoms with Crippen LogP contribution in [0.4, 0.5) is 11.4 Å². The Morgan fingerprint density at radius 2 is 1.80 bits per heavy atom. The summed E-state index contributed by atoms with van der Waals surface area (Å²) in [6.45, 7) is 2.38. The van der Waals surface area contributed by atoms with E-state index in [2.05, 4.69) is 21.2 Å². The van der Waals surface area contributed by atoms with E-state index in [0.29, 0.717) is 24.2 Å². The van der Waals surface area contributed by atoms with Gasteiger partial charge >= 0.3 is 0 Å². The number of nitrogens with zero attached hydrogens (tertiary/aromatic N) is 1. The van der Waals surface area contributed by atoms with Gasteiger partial charge in [-0.15, -0.1) is 0 Å². The van der Waals surface area contributed by atoms with Crippen molar-refractivity contribution in [1.82, 2.24) is 0 Å². The molecule has 4 rings (SSSR count). The monoisotopic (exact) mass is 484 g/mol. The van der Waals surface area contributed by atoms with Crippen molar-refractivity contribution < 1.29 is 13.2 Å². The van der Waals surface area contributed by atoms with Gasteiger partial charge in [-0.3, -0.25) is 9.10 Å². The molecule has 0 bridgehead atoms. The molecular formula is C23H21BrN2O3S. The quantitative estimate of drug-likeness (QED) is 0.556. The molecule has 0 saturated heterocycles. The van der Waals surface area contributed by atoms with E-state index >= 15 is 0 Å². The predicted octanol–water partition coefficient (Wildman–Crippen LogP) is 5.15. The van der Waals surface area contributed by atoms with Crippen molar-refractivity contribution in [3.63, 3.8) is 0 Å². The Bertz CT molecular complexity index is 1210. The second kappa shape index (κ2) is 8.24. The summed E-state index contributed by atoms with van der Waals surface area (Å²) >= 11 is 3.34. The van der Waals surface area contributed by atoms with Crippen molar-refractivity contribution in [2.24, 2.45) is 0 Å². The van der Waals surface area contributed by atoms with Crippen LogP contribution < -0.4 is 9.62 Å². The fourth-order valence-electron chi connectivity index (χ4n) is 3.61. The average molecular weight is 485 g/mol. The van der Waals surface area contributed by atoms with Gasteiger partial charge in [0.15, 0.2) is 0 Å². The first-order chi connectivity index (χ1) is 14.3. The lowest BCUT2D eigenvalue weighted by Gasteiger charge is -2.30. The van der Waals surface area contributed by atoms with Crippen molar-refractivity contribution in [1.29, 1.82) is 0 Å². The van der Waals surface area contributed by atoms with Gasteiger partial charge in [0.1, 0.15) is 0 Å². The van der Waals surface area contributed by atoms with Gasteiger partial charge in [-0.2, -0.15) is 0 Å². The summed E-state index contributed by atoms with van der Waals surface area (Å²) in [6, 6.07) is 19.4. The molecule has 0 fully saturated rings. The fourth-order valence-corrected chi connectivity index (χ4v) is 5.42. The lowest BCUT2D eigenvalue weighted by molar-refractivity contribution is 0.102. The van der Waals surface area contributed by atoms with Gasteiger partial charge in [-0.05, 0) is 85.5 Å². The number of nitrogens with one attached hydrogen (secondary N) is 1. The normalized spacial score (nSPS) is 13.6. The minimum atomic E-state index is -3.67. The van der Waals surface area contributed by atoms with Gasteiger partial charge in [-0.1, -0.05) is 28.1 Å². The van der Waals surface area contributed by atoms with Crippen LogP contribution in [0.25, 0.3) is 0 Å². The molecule has 1 aliphatic rings. The number of amides is 1. The molecule has 0 atom stereocenters. The number of fused-ring (bicyclic) bond motifs is 1. The Labute approximate surface area is 184 Å². The summed E-state index contributed by atoms with van der Waals surface area (Å²) in [6.07, 6.45) is 1.43. The highest BCUT2D eigenvalue weighted by atomic mass is 79.9. The maximum absolute atomic E-state index is 13.2. The highest BCUT2D eigenvalue weighted by molar-refractivity contribution is 9.10. The zero-order chi connectivity index (χ0) is 21.3. The Hall–Kier alpha value is -2.64. The first-order valence-corrected chi connectivity index (χ1v) is 11.9. The lowest BCUT2D eigenvalue weighted by Crippen LogP contribution is -2.35. The van der Waals surface area contributed by atoms with Gasteiger partial charge in [0.2, 0.25) is 0 Å². The number of carbonyl (C=O) groups excluding carboxylic acids is 1. The van der Waals surface area contributed by atoms with Crippen molar-refractivity contribution >= 4 is 43.2 Å². The van der Waals surface area contributed by atoms with E-state index in [1.807, 2.05) is 31.2 Å². The van der Waals surface area contributed by atoms with Gasteiger partial charge in [-0.25, -0.2) is 8.42 Å². The first kappa shape index (κ1) is 20.6. The Morgan fingerprint density at radius 1 is 1.03 bits per heavy atom. The number of sulfonamides is 1. The molecule has 3 aromatic carbocycles. The second-order valence-corrected chi connectivity index (χ2v) is 10.1. The molecule has 5 nitrogen and oxygen atoms in total. The van der Waals surface area contributed by atoms with Gasteiger partial charge in [0.05, 0.1) is 10.6 Å². The molecule has 3 aromatic rings. The molecule has 0 radical (unpaired) electrons. The summed E-state index contributed by atoms with van der Waals surface area (Å²) in [5, 5.41) is 2.90. The number of benzene rings is 3. The molecule has 7 heteroatoms. The molecule has 0 unspecified atom stereocenters. The van der Waals surface area contributed by atoms with Crippen LogP contribution in [0.15, 0.2) is 76.1 Å². The second-order valence-electron chi connectivity index (χ2n) is 7.30. The summed E-state index contributed by atoms with van der Waals surface area (Å²) in [7, 11) is -3.67. The van der Waals surface area contributed by atoms with E-state index in [1.54, 1.807) is 42.5 Å². The third-order valence-corrected chi connectivity index (χ3v) is 7.45. The zero-order valence-electron chi connectivity index (χ0n) is 16.4. The smallest absolute Gasteiger partial charge is 0.264 e.